The van der Waals surface area contributed by atoms with Gasteiger partial charge in [-0.3, -0.25) is 10.2 Å². The van der Waals surface area contributed by atoms with E-state index in [1.165, 1.54) is 0 Å². The Hall–Kier alpha value is -1.16. The van der Waals surface area contributed by atoms with Crippen molar-refractivity contribution in [1.29, 1.82) is 0 Å². The van der Waals surface area contributed by atoms with E-state index in [9.17, 15) is 4.79 Å². The number of nitrogens with one attached hydrogen (secondary N) is 1. The van der Waals surface area contributed by atoms with Gasteiger partial charge in [0, 0.05) is 10.9 Å². The average molecular weight is 295 g/mol. The first-order valence-corrected chi connectivity index (χ1v) is 6.58. The van der Waals surface area contributed by atoms with Gasteiger partial charge in [0.05, 0.1) is 5.69 Å². The highest BCUT2D eigenvalue weighted by atomic mass is 79.9. The number of carbonyl (C=O) groups is 1. The lowest BCUT2D eigenvalue weighted by Gasteiger charge is -2.12. The molecule has 1 aromatic carbocycles. The largest absolute Gasteiger partial charge is 0.293 e. The van der Waals surface area contributed by atoms with E-state index in [2.05, 4.69) is 26.5 Å². The van der Waals surface area contributed by atoms with E-state index >= 15 is 0 Å². The number of Topliss-reactive ketones (excluding diaryl/α,β-unsaturated/α-hetero) is 1. The van der Waals surface area contributed by atoms with Gasteiger partial charge in [0.2, 0.25) is 0 Å². The Labute approximate surface area is 109 Å². The van der Waals surface area contributed by atoms with Crippen molar-refractivity contribution in [1.82, 2.24) is 0 Å². The molecule has 1 aliphatic carbocycles. The Morgan fingerprint density at radius 1 is 1.29 bits per heavy atom. The summed E-state index contributed by atoms with van der Waals surface area (Å²) in [5, 5.41) is 4.23. The summed E-state index contributed by atoms with van der Waals surface area (Å²) in [7, 11) is 0. The van der Waals surface area contributed by atoms with Crippen LogP contribution in [0.5, 0.6) is 0 Å². The molecule has 1 aromatic rings. The van der Waals surface area contributed by atoms with Crippen LogP contribution in [-0.2, 0) is 4.79 Å². The molecule has 0 atom stereocenters. The fourth-order valence-electron chi connectivity index (χ4n) is 1.86. The summed E-state index contributed by atoms with van der Waals surface area (Å²) < 4.78 is 1.04. The molecule has 0 aromatic heterocycles. The molecule has 0 radical (unpaired) electrons. The molecule has 0 bridgehead atoms. The van der Waals surface area contributed by atoms with Crippen LogP contribution in [0.25, 0.3) is 0 Å². The summed E-state index contributed by atoms with van der Waals surface area (Å²) in [4.78, 5) is 11.6. The van der Waals surface area contributed by atoms with Gasteiger partial charge in [-0.2, -0.15) is 5.10 Å². The van der Waals surface area contributed by atoms with E-state index < -0.39 is 0 Å². The number of benzene rings is 1. The van der Waals surface area contributed by atoms with E-state index in [-0.39, 0.29) is 5.78 Å². The van der Waals surface area contributed by atoms with E-state index in [0.29, 0.717) is 12.1 Å². The number of nitrogens with zero attached hydrogens (tertiary/aromatic N) is 1. The zero-order valence-electron chi connectivity index (χ0n) is 9.79. The molecule has 2 rings (SSSR count). The fraction of sp³-hybridized carbons (Fsp3) is 0.385. The van der Waals surface area contributed by atoms with Crippen molar-refractivity contribution in [3.05, 3.63) is 28.2 Å². The van der Waals surface area contributed by atoms with Gasteiger partial charge in [-0.15, -0.1) is 0 Å². The van der Waals surface area contributed by atoms with E-state index in [0.717, 1.165) is 35.0 Å². The minimum atomic E-state index is 0.179. The second-order valence-electron chi connectivity index (χ2n) is 4.26. The van der Waals surface area contributed by atoms with Gasteiger partial charge >= 0.3 is 0 Å². The summed E-state index contributed by atoms with van der Waals surface area (Å²) in [5.41, 5.74) is 5.71. The van der Waals surface area contributed by atoms with E-state index in [4.69, 9.17) is 0 Å². The minimum Gasteiger partial charge on any atom is -0.293 e. The van der Waals surface area contributed by atoms with Gasteiger partial charge in [0.1, 0.15) is 5.71 Å². The average Bonchev–Trinajstić information content (AvgIpc) is 2.30. The molecule has 3 nitrogen and oxygen atoms in total. The Kier molecular flexibility index (Phi) is 3.94. The summed E-state index contributed by atoms with van der Waals surface area (Å²) in [6.45, 7) is 2.01. The van der Waals surface area contributed by atoms with Gasteiger partial charge < -0.3 is 0 Å². The Morgan fingerprint density at radius 2 is 2.06 bits per heavy atom. The zero-order chi connectivity index (χ0) is 12.3. The lowest BCUT2D eigenvalue weighted by molar-refractivity contribution is -0.113. The molecule has 17 heavy (non-hydrogen) atoms. The highest BCUT2D eigenvalue weighted by Gasteiger charge is 2.16. The molecule has 1 N–H and O–H groups in total. The molecule has 0 aliphatic heterocycles. The van der Waals surface area contributed by atoms with Crippen LogP contribution < -0.4 is 5.43 Å². The molecule has 90 valence electrons. The number of halogens is 1. The topological polar surface area (TPSA) is 41.5 Å². The van der Waals surface area contributed by atoms with E-state index in [1.54, 1.807) is 0 Å². The third-order valence-corrected chi connectivity index (χ3v) is 3.38. The van der Waals surface area contributed by atoms with Crippen LogP contribution in [0.4, 0.5) is 5.69 Å². The Balaban J connectivity index is 2.10. The van der Waals surface area contributed by atoms with Crippen molar-refractivity contribution in [3.8, 4) is 0 Å². The van der Waals surface area contributed by atoms with Crippen LogP contribution >= 0.6 is 15.9 Å². The summed E-state index contributed by atoms with van der Waals surface area (Å²) in [6, 6.07) is 5.93. The summed E-state index contributed by atoms with van der Waals surface area (Å²) >= 11 is 3.42. The third kappa shape index (κ3) is 3.16. The van der Waals surface area contributed by atoms with Gasteiger partial charge in [0.25, 0.3) is 0 Å². The van der Waals surface area contributed by atoms with Crippen molar-refractivity contribution >= 4 is 33.1 Å². The second-order valence-corrected chi connectivity index (χ2v) is 5.18. The van der Waals surface area contributed by atoms with Crippen molar-refractivity contribution in [2.75, 3.05) is 5.43 Å². The number of hydrazone groups is 1. The van der Waals surface area contributed by atoms with Crippen molar-refractivity contribution in [3.63, 3.8) is 0 Å². The van der Waals surface area contributed by atoms with Gasteiger partial charge in [-0.25, -0.2) is 0 Å². The van der Waals surface area contributed by atoms with Crippen molar-refractivity contribution < 1.29 is 4.79 Å². The molecular weight excluding hydrogens is 280 g/mol. The number of aryl methyl sites for hydroxylation is 1. The zero-order valence-corrected chi connectivity index (χ0v) is 11.4. The van der Waals surface area contributed by atoms with Crippen LogP contribution in [0, 0.1) is 6.92 Å². The number of rotatable bonds is 2. The maximum Gasteiger partial charge on any atom is 0.178 e. The fourth-order valence-corrected chi connectivity index (χ4v) is 2.34. The van der Waals surface area contributed by atoms with Gasteiger partial charge in [0.15, 0.2) is 5.78 Å². The first-order chi connectivity index (χ1) is 8.16. The van der Waals surface area contributed by atoms with Crippen molar-refractivity contribution in [2.45, 2.75) is 32.6 Å². The van der Waals surface area contributed by atoms with Crippen molar-refractivity contribution in [2.24, 2.45) is 5.10 Å². The predicted octanol–water partition coefficient (Wildman–Crippen LogP) is 3.67. The molecule has 4 heteroatoms. The number of ketones is 1. The van der Waals surface area contributed by atoms with Crippen LogP contribution in [0.1, 0.15) is 31.2 Å². The number of anilines is 1. The quantitative estimate of drug-likeness (QED) is 0.846. The lowest BCUT2D eigenvalue weighted by Crippen LogP contribution is -2.19. The highest BCUT2D eigenvalue weighted by molar-refractivity contribution is 9.10. The van der Waals surface area contributed by atoms with Crippen LogP contribution in [0.2, 0.25) is 0 Å². The smallest absolute Gasteiger partial charge is 0.178 e. The Morgan fingerprint density at radius 3 is 2.76 bits per heavy atom. The lowest BCUT2D eigenvalue weighted by atomic mass is 9.97. The highest BCUT2D eigenvalue weighted by Crippen LogP contribution is 2.20. The molecule has 1 fully saturated rings. The van der Waals surface area contributed by atoms with Gasteiger partial charge in [-0.1, -0.05) is 15.9 Å². The van der Waals surface area contributed by atoms with E-state index in [1.807, 2.05) is 25.1 Å². The third-order valence-electron chi connectivity index (χ3n) is 2.89. The predicted molar refractivity (Wildman–Crippen MR) is 73.4 cm³/mol. The maximum atomic E-state index is 11.6. The first kappa shape index (κ1) is 12.3. The van der Waals surface area contributed by atoms with Crippen LogP contribution in [0.15, 0.2) is 27.8 Å². The molecule has 0 spiro atoms. The van der Waals surface area contributed by atoms with Crippen LogP contribution in [-0.4, -0.2) is 11.5 Å². The maximum absolute atomic E-state index is 11.6. The molecule has 0 amide bonds. The standard InChI is InChI=1S/C13H15BrN2O/c1-9-8-10(14)6-7-11(9)15-16-12-4-2-3-5-13(12)17/h6-8,15H,2-5H2,1H3. The molecular formula is C13H15BrN2O. The molecule has 1 aliphatic rings. The molecule has 0 unspecified atom stereocenters. The SMILES string of the molecule is Cc1cc(Br)ccc1NN=C1CCCCC1=O. The molecule has 1 saturated carbocycles. The Bertz CT molecular complexity index is 468. The number of hydrogen-bond donors (Lipinski definition) is 1. The second kappa shape index (κ2) is 5.45. The molecule has 0 saturated heterocycles. The minimum absolute atomic E-state index is 0.179. The van der Waals surface area contributed by atoms with Crippen LogP contribution in [0.3, 0.4) is 0 Å². The summed E-state index contributed by atoms with van der Waals surface area (Å²) in [5.74, 6) is 0.179. The molecule has 0 heterocycles. The number of hydrogen-bond acceptors (Lipinski definition) is 3. The first-order valence-electron chi connectivity index (χ1n) is 5.79. The summed E-state index contributed by atoms with van der Waals surface area (Å²) in [6.07, 6.45) is 3.49. The van der Waals surface area contributed by atoms with Gasteiger partial charge in [-0.05, 0) is 49.9 Å². The monoisotopic (exact) mass is 294 g/mol. The normalized spacial score (nSPS) is 18.5. The number of carbonyl (C=O) groups excluding carboxylic acids is 1.